The molecule has 2 rings (SSSR count). The Kier molecular flexibility index (Phi) is 7.46. The first kappa shape index (κ1) is 18.8. The van der Waals surface area contributed by atoms with Crippen molar-refractivity contribution >= 4 is 21.6 Å². The minimum atomic E-state index is 0.311. The lowest BCUT2D eigenvalue weighted by molar-refractivity contribution is 0.449. The van der Waals surface area contributed by atoms with Crippen LogP contribution < -0.4 is 4.90 Å². The zero-order valence-electron chi connectivity index (χ0n) is 15.3. The Morgan fingerprint density at radius 1 is 1.00 bits per heavy atom. The fourth-order valence-electron chi connectivity index (χ4n) is 3.68. The van der Waals surface area contributed by atoms with Gasteiger partial charge in [-0.15, -0.1) is 0 Å². The highest BCUT2D eigenvalue weighted by molar-refractivity contribution is 9.10. The van der Waals surface area contributed by atoms with Crippen LogP contribution in [-0.4, -0.2) is 13.1 Å². The zero-order valence-corrected chi connectivity index (χ0v) is 16.9. The molecule has 0 spiro atoms. The average molecular weight is 380 g/mol. The lowest BCUT2D eigenvalue weighted by Gasteiger charge is -2.40. The molecule has 0 atom stereocenters. The molecule has 130 valence electrons. The summed E-state index contributed by atoms with van der Waals surface area (Å²) in [5.41, 5.74) is 3.29. The molecular weight excluding hydrogens is 346 g/mol. The Morgan fingerprint density at radius 2 is 1.65 bits per heavy atom. The van der Waals surface area contributed by atoms with E-state index >= 15 is 0 Å². The number of nitrogens with zero attached hydrogens (tertiary/aromatic N) is 1. The van der Waals surface area contributed by atoms with Crippen molar-refractivity contribution in [3.05, 3.63) is 28.2 Å². The van der Waals surface area contributed by atoms with E-state index in [1.54, 1.807) is 0 Å². The van der Waals surface area contributed by atoms with Crippen molar-refractivity contribution in [2.45, 2.75) is 84.0 Å². The van der Waals surface area contributed by atoms with E-state index in [0.29, 0.717) is 5.41 Å². The van der Waals surface area contributed by atoms with Crippen molar-refractivity contribution in [1.82, 2.24) is 0 Å². The molecule has 0 fully saturated rings. The fraction of sp³-hybridized carbons (Fsp3) is 0.714. The fourth-order valence-corrected chi connectivity index (χ4v) is 4.03. The minimum absolute atomic E-state index is 0.311. The van der Waals surface area contributed by atoms with E-state index in [0.717, 1.165) is 0 Å². The Labute approximate surface area is 152 Å². The van der Waals surface area contributed by atoms with Crippen LogP contribution in [0.4, 0.5) is 5.69 Å². The molecule has 0 aromatic heterocycles. The molecule has 2 heteroatoms. The van der Waals surface area contributed by atoms with Crippen LogP contribution in [-0.2, 0) is 5.41 Å². The second kappa shape index (κ2) is 9.11. The van der Waals surface area contributed by atoms with E-state index < -0.39 is 0 Å². The number of fused-ring (bicyclic) bond motifs is 1. The van der Waals surface area contributed by atoms with Gasteiger partial charge in [0.2, 0.25) is 0 Å². The lowest BCUT2D eigenvalue weighted by Crippen LogP contribution is -2.37. The average Bonchev–Trinajstić information content (AvgIpc) is 2.51. The largest absolute Gasteiger partial charge is 0.371 e. The summed E-state index contributed by atoms with van der Waals surface area (Å²) in [5.74, 6) is 0. The molecule has 1 aliphatic heterocycles. The summed E-state index contributed by atoms with van der Waals surface area (Å²) < 4.78 is 1.20. The van der Waals surface area contributed by atoms with Crippen molar-refractivity contribution in [3.63, 3.8) is 0 Å². The molecule has 0 N–H and O–H groups in total. The second-order valence-corrected chi connectivity index (χ2v) is 8.67. The number of unbranched alkanes of at least 4 members (excludes halogenated alkanes) is 7. The maximum Gasteiger partial charge on any atom is 0.0415 e. The van der Waals surface area contributed by atoms with Gasteiger partial charge in [-0.3, -0.25) is 0 Å². The monoisotopic (exact) mass is 379 g/mol. The summed E-state index contributed by atoms with van der Waals surface area (Å²) >= 11 is 3.65. The van der Waals surface area contributed by atoms with E-state index in [9.17, 15) is 0 Å². The molecule has 1 aliphatic rings. The first-order valence-electron chi connectivity index (χ1n) is 9.59. The lowest BCUT2D eigenvalue weighted by atomic mass is 9.77. The topological polar surface area (TPSA) is 3.24 Å². The quantitative estimate of drug-likeness (QED) is 0.414. The molecule has 1 aromatic rings. The van der Waals surface area contributed by atoms with Gasteiger partial charge in [0.15, 0.2) is 0 Å². The highest BCUT2D eigenvalue weighted by atomic mass is 79.9. The van der Waals surface area contributed by atoms with Crippen LogP contribution in [0.25, 0.3) is 0 Å². The van der Waals surface area contributed by atoms with Crippen LogP contribution in [0.2, 0.25) is 0 Å². The predicted octanol–water partition coefficient (Wildman–Crippen LogP) is 7.08. The van der Waals surface area contributed by atoms with Gasteiger partial charge in [0.1, 0.15) is 0 Å². The number of halogens is 1. The summed E-state index contributed by atoms with van der Waals surface area (Å²) in [6, 6.07) is 6.83. The molecule has 0 bridgehead atoms. The van der Waals surface area contributed by atoms with Crippen molar-refractivity contribution in [3.8, 4) is 0 Å². The van der Waals surface area contributed by atoms with E-state index in [1.165, 1.54) is 86.6 Å². The number of hydrogen-bond acceptors (Lipinski definition) is 1. The van der Waals surface area contributed by atoms with E-state index in [4.69, 9.17) is 0 Å². The summed E-state index contributed by atoms with van der Waals surface area (Å²) in [6.45, 7) is 9.47. The van der Waals surface area contributed by atoms with Crippen molar-refractivity contribution < 1.29 is 0 Å². The van der Waals surface area contributed by atoms with Gasteiger partial charge in [0.25, 0.3) is 0 Å². The van der Waals surface area contributed by atoms with Gasteiger partial charge >= 0.3 is 0 Å². The molecule has 1 nitrogen and oxygen atoms in total. The van der Waals surface area contributed by atoms with Gasteiger partial charge < -0.3 is 4.90 Å². The summed E-state index contributed by atoms with van der Waals surface area (Å²) in [4.78, 5) is 2.61. The third-order valence-corrected chi connectivity index (χ3v) is 5.81. The Hall–Kier alpha value is -0.500. The molecule has 0 saturated carbocycles. The molecule has 0 aliphatic carbocycles. The van der Waals surface area contributed by atoms with Crippen LogP contribution in [0.5, 0.6) is 0 Å². The first-order valence-corrected chi connectivity index (χ1v) is 10.4. The maximum absolute atomic E-state index is 3.65. The van der Waals surface area contributed by atoms with Crippen molar-refractivity contribution in [2.75, 3.05) is 18.0 Å². The van der Waals surface area contributed by atoms with Crippen LogP contribution >= 0.6 is 15.9 Å². The van der Waals surface area contributed by atoms with Crippen LogP contribution in [0, 0.1) is 0 Å². The highest BCUT2D eigenvalue weighted by Crippen LogP contribution is 2.40. The van der Waals surface area contributed by atoms with E-state index in [2.05, 4.69) is 59.8 Å². The van der Waals surface area contributed by atoms with Gasteiger partial charge in [-0.05, 0) is 36.0 Å². The van der Waals surface area contributed by atoms with Gasteiger partial charge in [-0.1, -0.05) is 87.7 Å². The molecule has 23 heavy (non-hydrogen) atoms. The number of rotatable bonds is 9. The van der Waals surface area contributed by atoms with E-state index in [1.807, 2.05) is 0 Å². The first-order chi connectivity index (χ1) is 11.0. The summed E-state index contributed by atoms with van der Waals surface area (Å²) in [7, 11) is 0. The smallest absolute Gasteiger partial charge is 0.0415 e. The number of hydrogen-bond donors (Lipinski definition) is 0. The molecule has 1 aromatic carbocycles. The predicted molar refractivity (Wildman–Crippen MR) is 107 cm³/mol. The summed E-state index contributed by atoms with van der Waals surface area (Å²) in [5, 5.41) is 0. The zero-order chi connectivity index (χ0) is 16.7. The SMILES string of the molecule is CCCCCCCCCCN1CCC(C)(C)c2ccc(Br)cc21. The van der Waals surface area contributed by atoms with E-state index in [-0.39, 0.29) is 0 Å². The maximum atomic E-state index is 3.65. The van der Waals surface area contributed by atoms with Crippen molar-refractivity contribution in [2.24, 2.45) is 0 Å². The normalized spacial score (nSPS) is 16.4. The summed E-state index contributed by atoms with van der Waals surface area (Å²) in [6.07, 6.45) is 12.4. The molecular formula is C21H34BrN. The Balaban J connectivity index is 1.79. The third kappa shape index (κ3) is 5.52. The minimum Gasteiger partial charge on any atom is -0.371 e. The molecule has 0 unspecified atom stereocenters. The molecule has 0 amide bonds. The van der Waals surface area contributed by atoms with Crippen molar-refractivity contribution in [1.29, 1.82) is 0 Å². The number of benzene rings is 1. The van der Waals surface area contributed by atoms with Gasteiger partial charge in [-0.25, -0.2) is 0 Å². The highest BCUT2D eigenvalue weighted by Gasteiger charge is 2.30. The second-order valence-electron chi connectivity index (χ2n) is 7.76. The van der Waals surface area contributed by atoms with Crippen LogP contribution in [0.1, 0.15) is 84.1 Å². The Morgan fingerprint density at radius 3 is 2.35 bits per heavy atom. The molecule has 0 saturated heterocycles. The molecule has 1 heterocycles. The van der Waals surface area contributed by atoms with Gasteiger partial charge in [-0.2, -0.15) is 0 Å². The van der Waals surface area contributed by atoms with Gasteiger partial charge in [0.05, 0.1) is 0 Å². The standard InChI is InChI=1S/C21H34BrN/c1-4-5-6-7-8-9-10-11-15-23-16-14-21(2,3)19-13-12-18(22)17-20(19)23/h12-13,17H,4-11,14-16H2,1-3H3. The van der Waals surface area contributed by atoms with Crippen LogP contribution in [0.15, 0.2) is 22.7 Å². The van der Waals surface area contributed by atoms with Crippen LogP contribution in [0.3, 0.4) is 0 Å². The third-order valence-electron chi connectivity index (χ3n) is 5.32. The Bertz CT molecular complexity index is 481. The molecule has 0 radical (unpaired) electrons. The van der Waals surface area contributed by atoms with Gasteiger partial charge in [0, 0.05) is 23.2 Å². The number of anilines is 1.